The molecule has 410 valence electrons. The largest absolute Gasteiger partial charge is 0.462 e. The van der Waals surface area contributed by atoms with Gasteiger partial charge in [0.05, 0.1) is 0 Å². The number of hydrogen-bond acceptors (Lipinski definition) is 6. The molecule has 0 heterocycles. The van der Waals surface area contributed by atoms with E-state index in [2.05, 4.69) is 93.7 Å². The van der Waals surface area contributed by atoms with E-state index in [0.717, 1.165) is 89.9 Å². The highest BCUT2D eigenvalue weighted by Crippen LogP contribution is 2.16. The van der Waals surface area contributed by atoms with Crippen LogP contribution in [0.25, 0.3) is 0 Å². The maximum atomic E-state index is 12.9. The summed E-state index contributed by atoms with van der Waals surface area (Å²) in [6.07, 6.45) is 76.1. The van der Waals surface area contributed by atoms with Crippen LogP contribution in [0.15, 0.2) is 72.9 Å². The van der Waals surface area contributed by atoms with Crippen molar-refractivity contribution in [1.29, 1.82) is 0 Å². The predicted molar refractivity (Wildman–Crippen MR) is 307 cm³/mol. The minimum Gasteiger partial charge on any atom is -0.462 e. The van der Waals surface area contributed by atoms with Crippen molar-refractivity contribution in [3.63, 3.8) is 0 Å². The van der Waals surface area contributed by atoms with Crippen LogP contribution in [0.5, 0.6) is 0 Å². The van der Waals surface area contributed by atoms with Crippen molar-refractivity contribution < 1.29 is 28.6 Å². The lowest BCUT2D eigenvalue weighted by Crippen LogP contribution is -2.30. The Morgan fingerprint density at radius 3 is 0.887 bits per heavy atom. The van der Waals surface area contributed by atoms with Crippen molar-refractivity contribution in [2.45, 2.75) is 309 Å². The van der Waals surface area contributed by atoms with Gasteiger partial charge in [0.25, 0.3) is 0 Å². The van der Waals surface area contributed by atoms with E-state index in [1.165, 1.54) is 173 Å². The predicted octanol–water partition coefficient (Wildman–Crippen LogP) is 20.5. The summed E-state index contributed by atoms with van der Waals surface area (Å²) in [5.41, 5.74) is 0. The fourth-order valence-corrected chi connectivity index (χ4v) is 8.60. The van der Waals surface area contributed by atoms with Gasteiger partial charge in [0.1, 0.15) is 13.2 Å². The maximum Gasteiger partial charge on any atom is 0.306 e. The molecular formula is C65H114O6. The SMILES string of the molecule is CC/C=C\C/C=C\C/C=C\C/C=C\CCCCCCCCCCCCC(=O)OCC(COC(=O)CCCCCCC/C=C\CCCCCC)OC(=O)CCCCCCCCC/C=C\CCCCCCCC. The van der Waals surface area contributed by atoms with E-state index < -0.39 is 6.10 Å². The molecule has 0 radical (unpaired) electrons. The number of allylic oxidation sites excluding steroid dienone is 12. The minimum atomic E-state index is -0.783. The van der Waals surface area contributed by atoms with Gasteiger partial charge in [0.15, 0.2) is 6.10 Å². The summed E-state index contributed by atoms with van der Waals surface area (Å²) in [7, 11) is 0. The van der Waals surface area contributed by atoms with Gasteiger partial charge in [-0.3, -0.25) is 14.4 Å². The lowest BCUT2D eigenvalue weighted by atomic mass is 10.1. The molecule has 0 amide bonds. The first kappa shape index (κ1) is 67.8. The molecule has 1 unspecified atom stereocenters. The molecular weight excluding hydrogens is 877 g/mol. The summed E-state index contributed by atoms with van der Waals surface area (Å²) in [4.78, 5) is 38.2. The highest BCUT2D eigenvalue weighted by molar-refractivity contribution is 5.71. The zero-order valence-electron chi connectivity index (χ0n) is 47.0. The fraction of sp³-hybridized carbons (Fsp3) is 0.769. The quantitative estimate of drug-likeness (QED) is 0.0261. The summed E-state index contributed by atoms with van der Waals surface area (Å²) >= 11 is 0. The third-order valence-electron chi connectivity index (χ3n) is 13.2. The Hall–Kier alpha value is -3.15. The number of carbonyl (C=O) groups is 3. The second-order valence-corrected chi connectivity index (χ2v) is 20.2. The number of esters is 3. The smallest absolute Gasteiger partial charge is 0.306 e. The number of carbonyl (C=O) groups excluding carboxylic acids is 3. The molecule has 0 saturated carbocycles. The van der Waals surface area contributed by atoms with E-state index in [0.29, 0.717) is 19.3 Å². The number of ether oxygens (including phenoxy) is 3. The molecule has 0 spiro atoms. The van der Waals surface area contributed by atoms with E-state index in [1.54, 1.807) is 0 Å². The molecule has 1 atom stereocenters. The van der Waals surface area contributed by atoms with E-state index in [-0.39, 0.29) is 31.1 Å². The summed E-state index contributed by atoms with van der Waals surface area (Å²) in [6, 6.07) is 0. The lowest BCUT2D eigenvalue weighted by molar-refractivity contribution is -0.167. The maximum absolute atomic E-state index is 12.9. The van der Waals surface area contributed by atoms with Crippen molar-refractivity contribution in [3.05, 3.63) is 72.9 Å². The van der Waals surface area contributed by atoms with E-state index >= 15 is 0 Å². The van der Waals surface area contributed by atoms with Crippen LogP contribution in [0.1, 0.15) is 303 Å². The lowest BCUT2D eigenvalue weighted by Gasteiger charge is -2.18. The normalized spacial score (nSPS) is 12.5. The van der Waals surface area contributed by atoms with E-state index in [9.17, 15) is 14.4 Å². The third kappa shape index (κ3) is 57.6. The molecule has 0 rings (SSSR count). The molecule has 0 N–H and O–H groups in total. The van der Waals surface area contributed by atoms with Crippen molar-refractivity contribution in [2.75, 3.05) is 13.2 Å². The molecule has 71 heavy (non-hydrogen) atoms. The molecule has 0 aliphatic rings. The molecule has 0 aliphatic heterocycles. The first-order valence-corrected chi connectivity index (χ1v) is 30.4. The molecule has 0 aromatic heterocycles. The molecule has 0 aromatic rings. The number of rotatable bonds is 55. The average Bonchev–Trinajstić information content (AvgIpc) is 3.37. The number of hydrogen-bond donors (Lipinski definition) is 0. The van der Waals surface area contributed by atoms with Crippen molar-refractivity contribution >= 4 is 17.9 Å². The monoisotopic (exact) mass is 991 g/mol. The molecule has 0 saturated heterocycles. The van der Waals surface area contributed by atoms with Crippen LogP contribution in [-0.2, 0) is 28.6 Å². The van der Waals surface area contributed by atoms with Crippen LogP contribution in [0, 0.1) is 0 Å². The second kappa shape index (κ2) is 59.4. The summed E-state index contributed by atoms with van der Waals surface area (Å²) in [6.45, 7) is 6.52. The zero-order chi connectivity index (χ0) is 51.4. The Labute approximate surface area is 440 Å². The fourth-order valence-electron chi connectivity index (χ4n) is 8.60. The highest BCUT2D eigenvalue weighted by Gasteiger charge is 2.19. The summed E-state index contributed by atoms with van der Waals surface area (Å²) < 4.78 is 16.9. The van der Waals surface area contributed by atoms with Crippen LogP contribution in [0.3, 0.4) is 0 Å². The average molecular weight is 992 g/mol. The molecule has 0 aliphatic carbocycles. The van der Waals surface area contributed by atoms with Crippen LogP contribution in [-0.4, -0.2) is 37.2 Å². The number of unbranched alkanes of at least 4 members (excludes halogenated alkanes) is 32. The van der Waals surface area contributed by atoms with Gasteiger partial charge in [-0.25, -0.2) is 0 Å². The Morgan fingerprint density at radius 2 is 0.549 bits per heavy atom. The van der Waals surface area contributed by atoms with Gasteiger partial charge in [-0.05, 0) is 109 Å². The van der Waals surface area contributed by atoms with Gasteiger partial charge in [-0.1, -0.05) is 248 Å². The van der Waals surface area contributed by atoms with Gasteiger partial charge in [-0.15, -0.1) is 0 Å². The topological polar surface area (TPSA) is 78.9 Å². The van der Waals surface area contributed by atoms with Crippen LogP contribution in [0.2, 0.25) is 0 Å². The standard InChI is InChI=1S/C65H114O6/c1-4-7-10-13-16-19-22-25-27-29-30-31-32-33-34-36-37-40-43-46-49-52-55-58-64(67)70-61-62(60-69-63(66)57-54-51-48-45-42-39-24-21-18-15-12-9-6-3)71-65(68)59-56-53-50-47-44-41-38-35-28-26-23-20-17-14-11-8-5-2/h7,10,16,19,21,24-28,30-31,62H,4-6,8-9,11-15,17-18,20,22-23,29,32-61H2,1-3H3/b10-7-,19-16-,24-21-,27-25-,28-26-,31-30-. The Bertz CT molecular complexity index is 1320. The molecule has 6 nitrogen and oxygen atoms in total. The molecule has 0 aromatic carbocycles. The molecule has 6 heteroatoms. The van der Waals surface area contributed by atoms with Crippen molar-refractivity contribution in [1.82, 2.24) is 0 Å². The van der Waals surface area contributed by atoms with Gasteiger partial charge in [0, 0.05) is 19.3 Å². The second-order valence-electron chi connectivity index (χ2n) is 20.2. The van der Waals surface area contributed by atoms with Gasteiger partial charge in [-0.2, -0.15) is 0 Å². The summed E-state index contributed by atoms with van der Waals surface area (Å²) in [5.74, 6) is -0.886. The van der Waals surface area contributed by atoms with Gasteiger partial charge >= 0.3 is 17.9 Å². The highest BCUT2D eigenvalue weighted by atomic mass is 16.6. The Morgan fingerprint density at radius 1 is 0.296 bits per heavy atom. The molecule has 0 bridgehead atoms. The zero-order valence-corrected chi connectivity index (χ0v) is 47.0. The van der Waals surface area contributed by atoms with Crippen LogP contribution in [0.4, 0.5) is 0 Å². The first-order chi connectivity index (χ1) is 35.0. The van der Waals surface area contributed by atoms with Gasteiger partial charge in [0.2, 0.25) is 0 Å². The van der Waals surface area contributed by atoms with E-state index in [1.807, 2.05) is 0 Å². The van der Waals surface area contributed by atoms with Crippen LogP contribution >= 0.6 is 0 Å². The third-order valence-corrected chi connectivity index (χ3v) is 13.2. The first-order valence-electron chi connectivity index (χ1n) is 30.4. The van der Waals surface area contributed by atoms with Crippen LogP contribution < -0.4 is 0 Å². The van der Waals surface area contributed by atoms with Gasteiger partial charge < -0.3 is 14.2 Å². The molecule has 0 fully saturated rings. The summed E-state index contributed by atoms with van der Waals surface area (Å²) in [5, 5.41) is 0. The van der Waals surface area contributed by atoms with Crippen molar-refractivity contribution in [3.8, 4) is 0 Å². The van der Waals surface area contributed by atoms with Crippen molar-refractivity contribution in [2.24, 2.45) is 0 Å². The Kier molecular flexibility index (Phi) is 56.8. The Balaban J connectivity index is 4.33. The van der Waals surface area contributed by atoms with E-state index in [4.69, 9.17) is 14.2 Å². The minimum absolute atomic E-state index is 0.0806.